The third-order valence-electron chi connectivity index (χ3n) is 4.12. The minimum Gasteiger partial charge on any atom is -0.483 e. The molecule has 0 unspecified atom stereocenters. The minimum atomic E-state index is -0.0992. The lowest BCUT2D eigenvalue weighted by Gasteiger charge is -2.22. The minimum absolute atomic E-state index is 0.0243. The molecule has 0 aromatic heterocycles. The number of nitrogens with zero attached hydrogens (tertiary/aromatic N) is 2. The normalized spacial score (nSPS) is 10.2. The molecule has 0 heterocycles. The van der Waals surface area contributed by atoms with Crippen LogP contribution in [0.5, 0.6) is 5.75 Å². The number of ether oxygens (including phenoxy) is 1. The number of hydrogen-bond acceptors (Lipinski definition) is 3. The van der Waals surface area contributed by atoms with Gasteiger partial charge in [-0.2, -0.15) is 5.26 Å². The Balaban J connectivity index is 1.99. The summed E-state index contributed by atoms with van der Waals surface area (Å²) in [6, 6.07) is 16.1. The van der Waals surface area contributed by atoms with E-state index in [0.717, 1.165) is 27.8 Å². The highest BCUT2D eigenvalue weighted by molar-refractivity contribution is 9.10. The molecule has 2 rings (SSSR count). The Morgan fingerprint density at radius 1 is 1.15 bits per heavy atom. The molecule has 1 amide bonds. The predicted octanol–water partition coefficient (Wildman–Crippen LogP) is 4.43. The van der Waals surface area contributed by atoms with Gasteiger partial charge in [0.15, 0.2) is 6.61 Å². The molecule has 2 aromatic carbocycles. The molecule has 0 aliphatic heterocycles. The van der Waals surface area contributed by atoms with Crippen molar-refractivity contribution in [1.29, 1.82) is 5.26 Å². The topological polar surface area (TPSA) is 53.3 Å². The van der Waals surface area contributed by atoms with E-state index < -0.39 is 0 Å². The van der Waals surface area contributed by atoms with Crippen LogP contribution in [-0.2, 0) is 11.2 Å². The third kappa shape index (κ3) is 5.89. The summed E-state index contributed by atoms with van der Waals surface area (Å²) >= 11 is 3.46. The Bertz CT molecular complexity index is 761. The maximum absolute atomic E-state index is 12.6. The monoisotopic (exact) mass is 414 g/mol. The number of amides is 1. The van der Waals surface area contributed by atoms with Crippen LogP contribution in [0.3, 0.4) is 0 Å². The van der Waals surface area contributed by atoms with Gasteiger partial charge in [-0.15, -0.1) is 0 Å². The van der Waals surface area contributed by atoms with Crippen LogP contribution in [0.25, 0.3) is 0 Å². The SMILES string of the molecule is Cc1cc(Br)cc(C)c1OCC(=O)N(CCC#N)CCc1ccccc1. The van der Waals surface area contributed by atoms with Crippen molar-refractivity contribution in [3.63, 3.8) is 0 Å². The first-order chi connectivity index (χ1) is 12.5. The summed E-state index contributed by atoms with van der Waals surface area (Å²) in [6.45, 7) is 4.89. The average molecular weight is 415 g/mol. The number of carbonyl (C=O) groups excluding carboxylic acids is 1. The van der Waals surface area contributed by atoms with Crippen molar-refractivity contribution in [1.82, 2.24) is 4.90 Å². The van der Waals surface area contributed by atoms with E-state index in [0.29, 0.717) is 19.5 Å². The average Bonchev–Trinajstić information content (AvgIpc) is 2.61. The molecule has 0 aliphatic carbocycles. The lowest BCUT2D eigenvalue weighted by atomic mass is 10.1. The van der Waals surface area contributed by atoms with Crippen LogP contribution in [0.4, 0.5) is 0 Å². The van der Waals surface area contributed by atoms with E-state index in [1.807, 2.05) is 56.3 Å². The van der Waals surface area contributed by atoms with Crippen molar-refractivity contribution in [2.75, 3.05) is 19.7 Å². The molecular weight excluding hydrogens is 392 g/mol. The Kier molecular flexibility index (Phi) is 7.68. The van der Waals surface area contributed by atoms with E-state index in [1.165, 1.54) is 5.56 Å². The number of halogens is 1. The quantitative estimate of drug-likeness (QED) is 0.641. The molecule has 26 heavy (non-hydrogen) atoms. The molecule has 0 spiro atoms. The van der Waals surface area contributed by atoms with Gasteiger partial charge in [-0.05, 0) is 49.1 Å². The zero-order valence-electron chi connectivity index (χ0n) is 15.2. The molecule has 0 radical (unpaired) electrons. The number of nitriles is 1. The van der Waals surface area contributed by atoms with Crippen LogP contribution in [0.2, 0.25) is 0 Å². The summed E-state index contributed by atoms with van der Waals surface area (Å²) in [4.78, 5) is 14.3. The molecule has 2 aromatic rings. The molecule has 0 fully saturated rings. The molecule has 0 N–H and O–H groups in total. The van der Waals surface area contributed by atoms with Crippen molar-refractivity contribution in [3.05, 3.63) is 63.6 Å². The van der Waals surface area contributed by atoms with Crippen LogP contribution < -0.4 is 4.74 Å². The summed E-state index contributed by atoms with van der Waals surface area (Å²) in [5.41, 5.74) is 3.14. The van der Waals surface area contributed by atoms with Crippen molar-refractivity contribution >= 4 is 21.8 Å². The fraction of sp³-hybridized carbons (Fsp3) is 0.333. The maximum atomic E-state index is 12.6. The summed E-state index contributed by atoms with van der Waals surface area (Å²) in [7, 11) is 0. The number of carbonyl (C=O) groups is 1. The van der Waals surface area contributed by atoms with Crippen LogP contribution in [0, 0.1) is 25.2 Å². The summed E-state index contributed by atoms with van der Waals surface area (Å²) in [6.07, 6.45) is 1.07. The zero-order valence-corrected chi connectivity index (χ0v) is 16.8. The predicted molar refractivity (Wildman–Crippen MR) is 106 cm³/mol. The van der Waals surface area contributed by atoms with Crippen molar-refractivity contribution in [2.24, 2.45) is 0 Å². The lowest BCUT2D eigenvalue weighted by molar-refractivity contribution is -0.133. The van der Waals surface area contributed by atoms with E-state index in [2.05, 4.69) is 22.0 Å². The Morgan fingerprint density at radius 3 is 2.42 bits per heavy atom. The Labute approximate surface area is 163 Å². The van der Waals surface area contributed by atoms with E-state index in [4.69, 9.17) is 10.00 Å². The van der Waals surface area contributed by atoms with E-state index in [9.17, 15) is 4.79 Å². The van der Waals surface area contributed by atoms with Gasteiger partial charge in [0, 0.05) is 17.6 Å². The summed E-state index contributed by atoms with van der Waals surface area (Å²) in [5.74, 6) is 0.641. The Morgan fingerprint density at radius 2 is 1.81 bits per heavy atom. The highest BCUT2D eigenvalue weighted by Gasteiger charge is 2.15. The molecule has 5 heteroatoms. The Hall–Kier alpha value is -2.32. The van der Waals surface area contributed by atoms with Gasteiger partial charge in [-0.3, -0.25) is 4.79 Å². The van der Waals surface area contributed by atoms with Crippen molar-refractivity contribution in [3.8, 4) is 11.8 Å². The number of benzene rings is 2. The molecule has 0 saturated carbocycles. The fourth-order valence-electron chi connectivity index (χ4n) is 2.81. The van der Waals surface area contributed by atoms with Crippen LogP contribution in [0.15, 0.2) is 46.9 Å². The first-order valence-electron chi connectivity index (χ1n) is 8.59. The zero-order chi connectivity index (χ0) is 18.9. The lowest BCUT2D eigenvalue weighted by Crippen LogP contribution is -2.37. The molecular formula is C21H23BrN2O2. The van der Waals surface area contributed by atoms with Crippen LogP contribution in [-0.4, -0.2) is 30.5 Å². The summed E-state index contributed by atoms with van der Waals surface area (Å²) < 4.78 is 6.79. The molecule has 0 aliphatic rings. The van der Waals surface area contributed by atoms with Gasteiger partial charge in [0.25, 0.3) is 5.91 Å². The first kappa shape index (κ1) is 20.0. The van der Waals surface area contributed by atoms with E-state index >= 15 is 0 Å². The fourth-order valence-corrected chi connectivity index (χ4v) is 3.49. The highest BCUT2D eigenvalue weighted by atomic mass is 79.9. The van der Waals surface area contributed by atoms with Crippen molar-refractivity contribution in [2.45, 2.75) is 26.7 Å². The number of hydrogen-bond donors (Lipinski definition) is 0. The van der Waals surface area contributed by atoms with E-state index in [1.54, 1.807) is 4.90 Å². The molecule has 0 bridgehead atoms. The molecule has 4 nitrogen and oxygen atoms in total. The highest BCUT2D eigenvalue weighted by Crippen LogP contribution is 2.27. The first-order valence-corrected chi connectivity index (χ1v) is 9.38. The smallest absolute Gasteiger partial charge is 0.260 e. The van der Waals surface area contributed by atoms with Gasteiger partial charge in [0.05, 0.1) is 12.5 Å². The summed E-state index contributed by atoms with van der Waals surface area (Å²) in [5, 5.41) is 8.87. The third-order valence-corrected chi connectivity index (χ3v) is 4.58. The second kappa shape index (κ2) is 9.98. The molecule has 0 saturated heterocycles. The van der Waals surface area contributed by atoms with Gasteiger partial charge < -0.3 is 9.64 Å². The molecule has 136 valence electrons. The van der Waals surface area contributed by atoms with Gasteiger partial charge in [0.1, 0.15) is 5.75 Å². The van der Waals surface area contributed by atoms with Gasteiger partial charge >= 0.3 is 0 Å². The van der Waals surface area contributed by atoms with E-state index in [-0.39, 0.29) is 12.5 Å². The maximum Gasteiger partial charge on any atom is 0.260 e. The number of aryl methyl sites for hydroxylation is 2. The standard InChI is InChI=1S/C21H23BrN2O2/c1-16-13-19(22)14-17(2)21(16)26-15-20(25)24(11-6-10-23)12-9-18-7-4-3-5-8-18/h3-5,7-8,13-14H,6,9,11-12,15H2,1-2H3. The van der Waals surface area contributed by atoms with Gasteiger partial charge in [-0.1, -0.05) is 46.3 Å². The van der Waals surface area contributed by atoms with Crippen molar-refractivity contribution < 1.29 is 9.53 Å². The van der Waals surface area contributed by atoms with Crippen LogP contribution in [0.1, 0.15) is 23.1 Å². The van der Waals surface area contributed by atoms with Gasteiger partial charge in [0.2, 0.25) is 0 Å². The second-order valence-corrected chi connectivity index (χ2v) is 7.10. The van der Waals surface area contributed by atoms with Gasteiger partial charge in [-0.25, -0.2) is 0 Å². The number of rotatable bonds is 8. The molecule has 0 atom stereocenters. The van der Waals surface area contributed by atoms with Crippen LogP contribution >= 0.6 is 15.9 Å². The largest absolute Gasteiger partial charge is 0.483 e. The second-order valence-electron chi connectivity index (χ2n) is 6.18.